The minimum absolute atomic E-state index is 0.246. The van der Waals surface area contributed by atoms with Gasteiger partial charge in [-0.1, -0.05) is 18.2 Å². The van der Waals surface area contributed by atoms with Crippen molar-refractivity contribution in [2.75, 3.05) is 0 Å². The first-order valence-corrected chi connectivity index (χ1v) is 3.41. The normalized spacial score (nSPS) is 15.4. The molecule has 1 aliphatic rings. The maximum atomic E-state index is 11.0. The average Bonchev–Trinajstić information content (AvgIpc) is 2.34. The molecule has 1 radical (unpaired) electrons. The molecule has 0 saturated carbocycles. The molecule has 49 valence electrons. The van der Waals surface area contributed by atoms with Gasteiger partial charge in [0, 0.05) is 12.0 Å². The van der Waals surface area contributed by atoms with Gasteiger partial charge in [0.25, 0.3) is 0 Å². The average molecular weight is 131 g/mol. The number of Topliss-reactive ketones (excluding diaryl/α,β-unsaturated/α-hetero) is 1. The fourth-order valence-corrected chi connectivity index (χ4v) is 1.31. The summed E-state index contributed by atoms with van der Waals surface area (Å²) in [5.74, 6) is 0.246. The number of fused-ring (bicyclic) bond motifs is 1. The van der Waals surface area contributed by atoms with Crippen molar-refractivity contribution in [3.8, 4) is 0 Å². The van der Waals surface area contributed by atoms with Crippen LogP contribution in [-0.4, -0.2) is 5.78 Å². The Hall–Kier alpha value is -1.11. The van der Waals surface area contributed by atoms with Gasteiger partial charge >= 0.3 is 0 Å². The number of benzene rings is 1. The monoisotopic (exact) mass is 131 g/mol. The van der Waals surface area contributed by atoms with Gasteiger partial charge < -0.3 is 0 Å². The molecule has 1 aromatic rings. The molecule has 2 rings (SSSR count). The molecule has 0 spiro atoms. The van der Waals surface area contributed by atoms with E-state index in [-0.39, 0.29) is 5.78 Å². The minimum Gasteiger partial charge on any atom is -0.294 e. The van der Waals surface area contributed by atoms with Gasteiger partial charge in [0.1, 0.15) is 0 Å². The first kappa shape index (κ1) is 5.66. The highest BCUT2D eigenvalue weighted by Gasteiger charge is 2.17. The van der Waals surface area contributed by atoms with Crippen molar-refractivity contribution >= 4 is 5.78 Å². The van der Waals surface area contributed by atoms with Gasteiger partial charge in [-0.05, 0) is 18.1 Å². The molecule has 10 heavy (non-hydrogen) atoms. The smallest absolute Gasteiger partial charge is 0.164 e. The number of aryl methyl sites for hydroxylation is 1. The Labute approximate surface area is 59.7 Å². The van der Waals surface area contributed by atoms with Crippen LogP contribution in [0, 0.1) is 6.07 Å². The third-order valence-electron chi connectivity index (χ3n) is 1.84. The van der Waals surface area contributed by atoms with E-state index in [4.69, 9.17) is 0 Å². The summed E-state index contributed by atoms with van der Waals surface area (Å²) in [7, 11) is 0. The van der Waals surface area contributed by atoms with Gasteiger partial charge in [-0.3, -0.25) is 4.79 Å². The lowest BCUT2D eigenvalue weighted by molar-refractivity contribution is 0.0994. The van der Waals surface area contributed by atoms with Gasteiger partial charge in [-0.2, -0.15) is 0 Å². The molecule has 0 unspecified atom stereocenters. The second-order valence-electron chi connectivity index (χ2n) is 2.49. The van der Waals surface area contributed by atoms with Crippen molar-refractivity contribution in [2.24, 2.45) is 0 Å². The largest absolute Gasteiger partial charge is 0.294 e. The Morgan fingerprint density at radius 1 is 1.40 bits per heavy atom. The quantitative estimate of drug-likeness (QED) is 0.522. The van der Waals surface area contributed by atoms with E-state index in [0.717, 1.165) is 17.5 Å². The zero-order chi connectivity index (χ0) is 6.97. The topological polar surface area (TPSA) is 17.1 Å². The van der Waals surface area contributed by atoms with Crippen molar-refractivity contribution in [1.82, 2.24) is 0 Å². The molecule has 0 bridgehead atoms. The van der Waals surface area contributed by atoms with Gasteiger partial charge in [-0.15, -0.1) is 0 Å². The molecule has 0 aliphatic heterocycles. The highest BCUT2D eigenvalue weighted by Crippen LogP contribution is 2.19. The summed E-state index contributed by atoms with van der Waals surface area (Å²) in [6.07, 6.45) is 1.58. The molecule has 1 heteroatoms. The second-order valence-corrected chi connectivity index (χ2v) is 2.49. The van der Waals surface area contributed by atoms with Crippen LogP contribution in [0.25, 0.3) is 0 Å². The minimum atomic E-state index is 0.246. The third kappa shape index (κ3) is 0.670. The van der Waals surface area contributed by atoms with E-state index in [1.54, 1.807) is 6.07 Å². The van der Waals surface area contributed by atoms with E-state index < -0.39 is 0 Å². The van der Waals surface area contributed by atoms with Crippen LogP contribution in [0.5, 0.6) is 0 Å². The highest BCUT2D eigenvalue weighted by molar-refractivity contribution is 6.00. The molecule has 0 aromatic heterocycles. The highest BCUT2D eigenvalue weighted by atomic mass is 16.1. The summed E-state index contributed by atoms with van der Waals surface area (Å²) in [5, 5.41) is 0. The summed E-state index contributed by atoms with van der Waals surface area (Å²) in [5.41, 5.74) is 1.97. The van der Waals surface area contributed by atoms with Crippen molar-refractivity contribution < 1.29 is 4.79 Å². The maximum Gasteiger partial charge on any atom is 0.164 e. The van der Waals surface area contributed by atoms with Crippen LogP contribution < -0.4 is 0 Å². The first-order valence-electron chi connectivity index (χ1n) is 3.41. The standard InChI is InChI=1S/C9H7O/c10-9-6-5-7-3-1-2-4-8(7)9/h1-3H,5-6H2. The number of carbonyl (C=O) groups excluding carboxylic acids is 1. The summed E-state index contributed by atoms with van der Waals surface area (Å²) in [4.78, 5) is 11.0. The Kier molecular flexibility index (Phi) is 1.10. The second kappa shape index (κ2) is 1.94. The molecular formula is C9H7O. The summed E-state index contributed by atoms with van der Waals surface area (Å²) in [6, 6.07) is 8.67. The van der Waals surface area contributed by atoms with E-state index >= 15 is 0 Å². The lowest BCUT2D eigenvalue weighted by Crippen LogP contribution is -1.89. The fraction of sp³-hybridized carbons (Fsp3) is 0.222. The number of rotatable bonds is 0. The van der Waals surface area contributed by atoms with Gasteiger partial charge in [0.15, 0.2) is 5.78 Å². The van der Waals surface area contributed by atoms with E-state index in [1.165, 1.54) is 0 Å². The van der Waals surface area contributed by atoms with Gasteiger partial charge in [0.2, 0.25) is 0 Å². The first-order chi connectivity index (χ1) is 4.88. The molecule has 0 amide bonds. The predicted molar refractivity (Wildman–Crippen MR) is 37.9 cm³/mol. The van der Waals surface area contributed by atoms with E-state index in [0.29, 0.717) is 6.42 Å². The van der Waals surface area contributed by atoms with Crippen LogP contribution in [-0.2, 0) is 6.42 Å². The number of carbonyl (C=O) groups is 1. The van der Waals surface area contributed by atoms with Crippen LogP contribution in [0.15, 0.2) is 18.2 Å². The molecule has 1 aliphatic carbocycles. The fourth-order valence-electron chi connectivity index (χ4n) is 1.31. The van der Waals surface area contributed by atoms with E-state index in [9.17, 15) is 4.79 Å². The maximum absolute atomic E-state index is 11.0. The molecule has 1 aromatic carbocycles. The van der Waals surface area contributed by atoms with Crippen LogP contribution in [0.1, 0.15) is 22.3 Å². The summed E-state index contributed by atoms with van der Waals surface area (Å²) in [6.45, 7) is 0. The molecule has 0 heterocycles. The predicted octanol–water partition coefficient (Wildman–Crippen LogP) is 1.62. The Balaban J connectivity index is 2.61. The molecule has 0 atom stereocenters. The van der Waals surface area contributed by atoms with Crippen molar-refractivity contribution in [1.29, 1.82) is 0 Å². The number of hydrogen-bond acceptors (Lipinski definition) is 1. The Morgan fingerprint density at radius 3 is 3.10 bits per heavy atom. The molecule has 0 saturated heterocycles. The van der Waals surface area contributed by atoms with Crippen LogP contribution in [0.2, 0.25) is 0 Å². The van der Waals surface area contributed by atoms with Crippen LogP contribution in [0.4, 0.5) is 0 Å². The van der Waals surface area contributed by atoms with E-state index in [2.05, 4.69) is 6.07 Å². The lowest BCUT2D eigenvalue weighted by atomic mass is 10.1. The zero-order valence-corrected chi connectivity index (χ0v) is 5.55. The molecule has 0 fully saturated rings. The number of hydrogen-bond donors (Lipinski definition) is 0. The summed E-state index contributed by atoms with van der Waals surface area (Å²) >= 11 is 0. The van der Waals surface area contributed by atoms with Crippen LogP contribution >= 0.6 is 0 Å². The Bertz CT molecular complexity index is 276. The summed E-state index contributed by atoms with van der Waals surface area (Å²) < 4.78 is 0. The van der Waals surface area contributed by atoms with Crippen molar-refractivity contribution in [3.05, 3.63) is 35.4 Å². The van der Waals surface area contributed by atoms with Gasteiger partial charge in [0.05, 0.1) is 0 Å². The van der Waals surface area contributed by atoms with Crippen molar-refractivity contribution in [2.45, 2.75) is 12.8 Å². The van der Waals surface area contributed by atoms with Crippen LogP contribution in [0.3, 0.4) is 0 Å². The Morgan fingerprint density at radius 2 is 2.30 bits per heavy atom. The molecular weight excluding hydrogens is 124 g/mol. The SMILES string of the molecule is O=C1CCc2ccc[c]c21. The van der Waals surface area contributed by atoms with Gasteiger partial charge in [-0.25, -0.2) is 0 Å². The molecule has 1 nitrogen and oxygen atoms in total. The lowest BCUT2D eigenvalue weighted by Gasteiger charge is -1.91. The molecule has 0 N–H and O–H groups in total. The van der Waals surface area contributed by atoms with E-state index in [1.807, 2.05) is 12.1 Å². The number of ketones is 1. The third-order valence-corrected chi connectivity index (χ3v) is 1.84. The van der Waals surface area contributed by atoms with Crippen molar-refractivity contribution in [3.63, 3.8) is 0 Å². The zero-order valence-electron chi connectivity index (χ0n) is 5.55.